The van der Waals surface area contributed by atoms with Crippen LogP contribution in [0.25, 0.3) is 5.82 Å². The zero-order valence-electron chi connectivity index (χ0n) is 9.16. The number of carboxylic acid groups (broad SMARTS) is 1. The van der Waals surface area contributed by atoms with Crippen molar-refractivity contribution in [2.75, 3.05) is 12.0 Å². The third-order valence-electron chi connectivity index (χ3n) is 2.13. The third-order valence-corrected chi connectivity index (χ3v) is 3.01. The lowest BCUT2D eigenvalue weighted by atomic mass is 10.3. The van der Waals surface area contributed by atoms with Gasteiger partial charge in [-0.2, -0.15) is 9.78 Å². The summed E-state index contributed by atoms with van der Waals surface area (Å²) in [5, 5.41) is 21.1. The van der Waals surface area contributed by atoms with Crippen molar-refractivity contribution >= 4 is 35.1 Å². The third kappa shape index (κ3) is 2.12. The second-order valence-electron chi connectivity index (χ2n) is 3.20. The highest BCUT2D eigenvalue weighted by atomic mass is 35.5. The number of thioether (sulfide) groups is 1. The van der Waals surface area contributed by atoms with Gasteiger partial charge in [0.2, 0.25) is 0 Å². The Morgan fingerprint density at radius 3 is 2.67 bits per heavy atom. The van der Waals surface area contributed by atoms with Gasteiger partial charge in [0.1, 0.15) is 16.4 Å². The molecule has 2 rings (SSSR count). The van der Waals surface area contributed by atoms with Gasteiger partial charge in [-0.15, -0.1) is 22.0 Å². The highest BCUT2D eigenvalue weighted by Gasteiger charge is 2.22. The highest BCUT2D eigenvalue weighted by molar-refractivity contribution is 7.98. The number of hydrogen-bond donors (Lipinski definition) is 2. The molecule has 0 atom stereocenters. The Balaban J connectivity index is 2.59. The molecule has 0 aliphatic carbocycles. The molecule has 3 N–H and O–H groups in total. The lowest BCUT2D eigenvalue weighted by molar-refractivity contribution is 0.0694. The molecule has 0 saturated carbocycles. The van der Waals surface area contributed by atoms with Gasteiger partial charge in [0, 0.05) is 0 Å². The first-order valence-electron chi connectivity index (χ1n) is 4.70. The van der Waals surface area contributed by atoms with Crippen LogP contribution in [0.2, 0.25) is 5.15 Å². The minimum atomic E-state index is -1.13. The SMILES string of the molecule is CSc1nn(-c2ccc(Cl)nn2)c(N)c1C(=O)O. The maximum atomic E-state index is 11.1. The Morgan fingerprint density at radius 2 is 2.22 bits per heavy atom. The fraction of sp³-hybridized carbons (Fsp3) is 0.111. The average molecular weight is 286 g/mol. The van der Waals surface area contributed by atoms with Crippen molar-refractivity contribution in [3.63, 3.8) is 0 Å². The van der Waals surface area contributed by atoms with Gasteiger partial charge >= 0.3 is 5.97 Å². The Hall–Kier alpha value is -1.80. The molecule has 0 aliphatic rings. The molecular weight excluding hydrogens is 278 g/mol. The first-order valence-corrected chi connectivity index (χ1v) is 6.30. The highest BCUT2D eigenvalue weighted by Crippen LogP contribution is 2.26. The Labute approximate surface area is 111 Å². The molecule has 0 radical (unpaired) electrons. The fourth-order valence-electron chi connectivity index (χ4n) is 1.35. The fourth-order valence-corrected chi connectivity index (χ4v) is 2.01. The zero-order valence-corrected chi connectivity index (χ0v) is 10.7. The first-order chi connectivity index (χ1) is 8.54. The molecule has 0 aromatic carbocycles. The molecule has 2 aromatic rings. The van der Waals surface area contributed by atoms with Crippen LogP contribution >= 0.6 is 23.4 Å². The van der Waals surface area contributed by atoms with Crippen LogP contribution < -0.4 is 5.73 Å². The van der Waals surface area contributed by atoms with Gasteiger partial charge in [-0.25, -0.2) is 4.79 Å². The molecule has 18 heavy (non-hydrogen) atoms. The zero-order chi connectivity index (χ0) is 13.3. The Bertz CT molecular complexity index is 598. The van der Waals surface area contributed by atoms with E-state index in [2.05, 4.69) is 15.3 Å². The minimum Gasteiger partial charge on any atom is -0.477 e. The van der Waals surface area contributed by atoms with Crippen molar-refractivity contribution in [3.8, 4) is 5.82 Å². The predicted molar refractivity (Wildman–Crippen MR) is 67.3 cm³/mol. The van der Waals surface area contributed by atoms with E-state index in [4.69, 9.17) is 22.4 Å². The Morgan fingerprint density at radius 1 is 1.50 bits per heavy atom. The van der Waals surface area contributed by atoms with E-state index in [-0.39, 0.29) is 16.5 Å². The van der Waals surface area contributed by atoms with E-state index in [1.807, 2.05) is 0 Å². The van der Waals surface area contributed by atoms with E-state index in [0.29, 0.717) is 10.8 Å². The summed E-state index contributed by atoms with van der Waals surface area (Å²) in [6, 6.07) is 3.07. The van der Waals surface area contributed by atoms with Gasteiger partial charge in [0.05, 0.1) is 0 Å². The van der Waals surface area contributed by atoms with E-state index >= 15 is 0 Å². The summed E-state index contributed by atoms with van der Waals surface area (Å²) >= 11 is 6.81. The molecule has 0 spiro atoms. The summed E-state index contributed by atoms with van der Waals surface area (Å²) in [6.45, 7) is 0. The van der Waals surface area contributed by atoms with Crippen LogP contribution in [0.3, 0.4) is 0 Å². The summed E-state index contributed by atoms with van der Waals surface area (Å²) in [5.41, 5.74) is 5.71. The molecule has 0 aliphatic heterocycles. The number of carbonyl (C=O) groups is 1. The topological polar surface area (TPSA) is 107 Å². The number of nitrogen functional groups attached to an aromatic ring is 1. The molecule has 2 heterocycles. The predicted octanol–water partition coefficient (Wildman–Crippen LogP) is 1.32. The van der Waals surface area contributed by atoms with E-state index < -0.39 is 5.97 Å². The monoisotopic (exact) mass is 285 g/mol. The van der Waals surface area contributed by atoms with Gasteiger partial charge in [-0.3, -0.25) is 0 Å². The van der Waals surface area contributed by atoms with Crippen molar-refractivity contribution in [1.82, 2.24) is 20.0 Å². The maximum absolute atomic E-state index is 11.1. The molecule has 94 valence electrons. The van der Waals surface area contributed by atoms with Gasteiger partial charge < -0.3 is 10.8 Å². The van der Waals surface area contributed by atoms with Crippen LogP contribution in [0.1, 0.15) is 10.4 Å². The molecule has 0 bridgehead atoms. The van der Waals surface area contributed by atoms with Crippen molar-refractivity contribution in [2.45, 2.75) is 5.03 Å². The normalized spacial score (nSPS) is 10.6. The number of anilines is 1. The molecule has 7 nitrogen and oxygen atoms in total. The second-order valence-corrected chi connectivity index (χ2v) is 4.38. The number of aromatic nitrogens is 4. The van der Waals surface area contributed by atoms with Crippen LogP contribution in [-0.4, -0.2) is 37.3 Å². The molecular formula is C9H8ClN5O2S. The van der Waals surface area contributed by atoms with Gasteiger partial charge in [0.15, 0.2) is 11.0 Å². The Kier molecular flexibility index (Phi) is 3.39. The standard InChI is InChI=1S/C9H8ClN5O2S/c1-18-8-6(9(16)17)7(11)15(14-8)5-3-2-4(10)12-13-5/h2-3H,11H2,1H3,(H,16,17). The molecule has 0 unspecified atom stereocenters. The summed E-state index contributed by atoms with van der Waals surface area (Å²) in [5.74, 6) is -0.826. The second kappa shape index (κ2) is 4.83. The van der Waals surface area contributed by atoms with E-state index in [0.717, 1.165) is 0 Å². The number of hydrogen-bond acceptors (Lipinski definition) is 6. The summed E-state index contributed by atoms with van der Waals surface area (Å²) in [7, 11) is 0. The molecule has 0 saturated heterocycles. The summed E-state index contributed by atoms with van der Waals surface area (Å²) in [6.07, 6.45) is 1.71. The lowest BCUT2D eigenvalue weighted by Gasteiger charge is -2.01. The van der Waals surface area contributed by atoms with E-state index in [9.17, 15) is 4.79 Å². The first kappa shape index (κ1) is 12.7. The lowest BCUT2D eigenvalue weighted by Crippen LogP contribution is -2.07. The van der Waals surface area contributed by atoms with Crippen LogP contribution in [0.4, 0.5) is 5.82 Å². The average Bonchev–Trinajstić information content (AvgIpc) is 2.67. The smallest absolute Gasteiger partial charge is 0.342 e. The number of carboxylic acids is 1. The van der Waals surface area contributed by atoms with E-state index in [1.54, 1.807) is 12.3 Å². The largest absolute Gasteiger partial charge is 0.477 e. The van der Waals surface area contributed by atoms with Crippen molar-refractivity contribution in [3.05, 3.63) is 22.8 Å². The molecule has 9 heteroatoms. The molecule has 2 aromatic heterocycles. The van der Waals surface area contributed by atoms with Crippen molar-refractivity contribution < 1.29 is 9.90 Å². The van der Waals surface area contributed by atoms with Crippen LogP contribution in [0, 0.1) is 0 Å². The number of aromatic carboxylic acids is 1. The van der Waals surface area contributed by atoms with Crippen molar-refractivity contribution in [1.29, 1.82) is 0 Å². The van der Waals surface area contributed by atoms with E-state index in [1.165, 1.54) is 22.5 Å². The summed E-state index contributed by atoms with van der Waals surface area (Å²) < 4.78 is 1.22. The number of halogens is 1. The van der Waals surface area contributed by atoms with Gasteiger partial charge in [0.25, 0.3) is 0 Å². The van der Waals surface area contributed by atoms with Gasteiger partial charge in [-0.05, 0) is 18.4 Å². The van der Waals surface area contributed by atoms with Crippen LogP contribution in [-0.2, 0) is 0 Å². The van der Waals surface area contributed by atoms with Crippen LogP contribution in [0.15, 0.2) is 17.2 Å². The van der Waals surface area contributed by atoms with Crippen molar-refractivity contribution in [2.24, 2.45) is 0 Å². The molecule has 0 fully saturated rings. The van der Waals surface area contributed by atoms with Crippen LogP contribution in [0.5, 0.6) is 0 Å². The summed E-state index contributed by atoms with van der Waals surface area (Å²) in [4.78, 5) is 11.1. The van der Waals surface area contributed by atoms with Gasteiger partial charge in [-0.1, -0.05) is 11.6 Å². The molecule has 0 amide bonds. The maximum Gasteiger partial charge on any atom is 0.342 e. The number of nitrogens with zero attached hydrogens (tertiary/aromatic N) is 4. The quantitative estimate of drug-likeness (QED) is 0.819. The number of nitrogens with two attached hydrogens (primary N) is 1. The minimum absolute atomic E-state index is 0.00322. The number of rotatable bonds is 3.